The van der Waals surface area contributed by atoms with E-state index in [9.17, 15) is 9.18 Å². The Hall–Kier alpha value is -2.12. The Morgan fingerprint density at radius 2 is 1.90 bits per heavy atom. The summed E-state index contributed by atoms with van der Waals surface area (Å²) in [5.41, 5.74) is 7.93. The van der Waals surface area contributed by atoms with E-state index in [0.29, 0.717) is 22.3 Å². The molecule has 1 atom stereocenters. The van der Waals surface area contributed by atoms with Gasteiger partial charge in [-0.25, -0.2) is 13.2 Å². The molecule has 2 aromatic carbocycles. The first kappa shape index (κ1) is 21.6. The molecule has 0 heterocycles. The van der Waals surface area contributed by atoms with Crippen LogP contribution in [0.15, 0.2) is 18.2 Å². The van der Waals surface area contributed by atoms with Crippen molar-refractivity contribution in [2.45, 2.75) is 51.1 Å². The Kier molecular flexibility index (Phi) is 5.92. The van der Waals surface area contributed by atoms with E-state index in [4.69, 9.17) is 10.5 Å². The highest BCUT2D eigenvalue weighted by Crippen LogP contribution is 2.46. The van der Waals surface area contributed by atoms with Gasteiger partial charge in [0.1, 0.15) is 17.5 Å². The van der Waals surface area contributed by atoms with Crippen LogP contribution >= 0.6 is 0 Å². The molecule has 3 rings (SSSR count). The summed E-state index contributed by atoms with van der Waals surface area (Å²) in [5.74, 6) is -2.59. The van der Waals surface area contributed by atoms with Crippen LogP contribution in [0.2, 0.25) is 0 Å². The monoisotopic (exact) mass is 421 g/mol. The minimum Gasteiger partial charge on any atom is -0.466 e. The fourth-order valence-corrected chi connectivity index (χ4v) is 4.60. The first-order chi connectivity index (χ1) is 13.6. The highest BCUT2D eigenvalue weighted by molar-refractivity contribution is 6.17. The Labute approximate surface area is 171 Å². The number of benzene rings is 2. The van der Waals surface area contributed by atoms with Gasteiger partial charge >= 0.3 is 5.97 Å². The van der Waals surface area contributed by atoms with Crippen molar-refractivity contribution in [2.24, 2.45) is 5.73 Å². The Morgan fingerprint density at radius 3 is 2.48 bits per heavy atom. The lowest BCUT2D eigenvalue weighted by Crippen LogP contribution is -2.42. The zero-order valence-electron chi connectivity index (χ0n) is 17.2. The van der Waals surface area contributed by atoms with Crippen LogP contribution in [0, 0.1) is 31.3 Å². The maximum absolute atomic E-state index is 15.7. The van der Waals surface area contributed by atoms with Gasteiger partial charge in [-0.1, -0.05) is 6.07 Å². The summed E-state index contributed by atoms with van der Waals surface area (Å²) in [6, 6.07) is 4.40. The molecule has 7 heteroatoms. The molecular formula is C22H26F3NO2Si. The van der Waals surface area contributed by atoms with E-state index in [1.807, 2.05) is 0 Å². The van der Waals surface area contributed by atoms with Crippen molar-refractivity contribution >= 4 is 16.2 Å². The zero-order chi connectivity index (χ0) is 21.5. The zero-order valence-corrected chi connectivity index (χ0v) is 19.2. The number of carbonyl (C=O) groups is 1. The van der Waals surface area contributed by atoms with Gasteiger partial charge < -0.3 is 10.5 Å². The average molecular weight is 422 g/mol. The lowest BCUT2D eigenvalue weighted by atomic mass is 9.88. The topological polar surface area (TPSA) is 52.3 Å². The van der Waals surface area contributed by atoms with Gasteiger partial charge in [-0.2, -0.15) is 0 Å². The first-order valence-electron chi connectivity index (χ1n) is 9.81. The SMILES string of the molecule is CCOC(=O)CC(N)([SiH3])c1c(F)c(-c2c(C)ccc(F)c2C)cc(C2CC2)c1F. The lowest BCUT2D eigenvalue weighted by Gasteiger charge is -2.28. The Bertz CT molecular complexity index is 971. The number of hydrogen-bond donors (Lipinski definition) is 1. The lowest BCUT2D eigenvalue weighted by molar-refractivity contribution is -0.143. The number of nitrogens with two attached hydrogens (primary N) is 1. The van der Waals surface area contributed by atoms with Gasteiger partial charge in [-0.15, -0.1) is 0 Å². The molecular weight excluding hydrogens is 395 g/mol. The van der Waals surface area contributed by atoms with E-state index in [0.717, 1.165) is 12.8 Å². The number of ether oxygens (including phenoxy) is 1. The fourth-order valence-electron chi connectivity index (χ4n) is 3.87. The quantitative estimate of drug-likeness (QED) is 0.572. The Morgan fingerprint density at radius 1 is 1.24 bits per heavy atom. The van der Waals surface area contributed by atoms with Crippen LogP contribution in [0.3, 0.4) is 0 Å². The summed E-state index contributed by atoms with van der Waals surface area (Å²) in [7, 11) is 0.130. The Balaban J connectivity index is 2.26. The molecule has 2 N–H and O–H groups in total. The average Bonchev–Trinajstić information content (AvgIpc) is 3.44. The van der Waals surface area contributed by atoms with E-state index in [2.05, 4.69) is 0 Å². The van der Waals surface area contributed by atoms with Crippen molar-refractivity contribution in [1.82, 2.24) is 0 Å². The summed E-state index contributed by atoms with van der Waals surface area (Å²) in [4.78, 5) is 12.0. The van der Waals surface area contributed by atoms with Crippen LogP contribution in [0.25, 0.3) is 11.1 Å². The van der Waals surface area contributed by atoms with Crippen molar-refractivity contribution in [2.75, 3.05) is 6.61 Å². The molecule has 0 amide bonds. The molecule has 1 unspecified atom stereocenters. The molecule has 3 nitrogen and oxygen atoms in total. The van der Waals surface area contributed by atoms with Crippen molar-refractivity contribution < 1.29 is 22.7 Å². The van der Waals surface area contributed by atoms with Crippen LogP contribution in [-0.4, -0.2) is 22.8 Å². The van der Waals surface area contributed by atoms with Gasteiger partial charge in [-0.05, 0) is 73.9 Å². The van der Waals surface area contributed by atoms with Crippen LogP contribution in [0.1, 0.15) is 54.4 Å². The predicted molar refractivity (Wildman–Crippen MR) is 110 cm³/mol. The molecule has 0 bridgehead atoms. The van der Waals surface area contributed by atoms with Crippen molar-refractivity contribution in [3.05, 3.63) is 57.9 Å². The second-order valence-corrected chi connectivity index (χ2v) is 9.84. The molecule has 0 spiro atoms. The molecule has 1 fully saturated rings. The maximum Gasteiger partial charge on any atom is 0.307 e. The number of rotatable bonds is 6. The third-order valence-electron chi connectivity index (χ3n) is 5.51. The summed E-state index contributed by atoms with van der Waals surface area (Å²) in [5, 5.41) is -1.48. The third kappa shape index (κ3) is 4.11. The number of hydrogen-bond acceptors (Lipinski definition) is 3. The molecule has 2 aromatic rings. The molecule has 0 saturated heterocycles. The first-order valence-corrected chi connectivity index (χ1v) is 10.8. The van der Waals surface area contributed by atoms with Crippen LogP contribution in [-0.2, 0) is 14.7 Å². The van der Waals surface area contributed by atoms with E-state index >= 15 is 8.78 Å². The van der Waals surface area contributed by atoms with E-state index in [-0.39, 0.29) is 40.3 Å². The minimum absolute atomic E-state index is 0.0117. The number of aryl methyl sites for hydroxylation is 1. The third-order valence-corrected chi connectivity index (χ3v) is 6.36. The summed E-state index contributed by atoms with van der Waals surface area (Å²) < 4.78 is 50.3. The molecule has 1 aliphatic rings. The number of esters is 1. The molecule has 0 aliphatic heterocycles. The summed E-state index contributed by atoms with van der Waals surface area (Å²) in [6.07, 6.45) is 1.30. The second kappa shape index (κ2) is 7.95. The largest absolute Gasteiger partial charge is 0.466 e. The van der Waals surface area contributed by atoms with Crippen molar-refractivity contribution in [3.63, 3.8) is 0 Å². The molecule has 1 saturated carbocycles. The van der Waals surface area contributed by atoms with E-state index in [1.165, 1.54) is 12.1 Å². The van der Waals surface area contributed by atoms with Crippen molar-refractivity contribution in [1.29, 1.82) is 0 Å². The van der Waals surface area contributed by atoms with Gasteiger partial charge in [-0.3, -0.25) is 4.79 Å². The molecule has 0 aromatic heterocycles. The second-order valence-electron chi connectivity index (χ2n) is 8.05. The predicted octanol–water partition coefficient (Wildman–Crippen LogP) is 3.70. The van der Waals surface area contributed by atoms with Crippen LogP contribution in [0.4, 0.5) is 13.2 Å². The van der Waals surface area contributed by atoms with E-state index in [1.54, 1.807) is 26.8 Å². The number of halogens is 3. The van der Waals surface area contributed by atoms with Gasteiger partial charge in [0.2, 0.25) is 0 Å². The fraction of sp³-hybridized carbons (Fsp3) is 0.409. The molecule has 29 heavy (non-hydrogen) atoms. The maximum atomic E-state index is 15.7. The summed E-state index contributed by atoms with van der Waals surface area (Å²) in [6.45, 7) is 5.16. The van der Waals surface area contributed by atoms with Gasteiger partial charge in [0.05, 0.1) is 13.0 Å². The smallest absolute Gasteiger partial charge is 0.307 e. The van der Waals surface area contributed by atoms with Gasteiger partial charge in [0, 0.05) is 26.5 Å². The minimum atomic E-state index is -1.48. The van der Waals surface area contributed by atoms with Gasteiger partial charge in [0.25, 0.3) is 0 Å². The van der Waals surface area contributed by atoms with Gasteiger partial charge in [0.15, 0.2) is 0 Å². The van der Waals surface area contributed by atoms with Crippen LogP contribution < -0.4 is 5.73 Å². The molecule has 1 aliphatic carbocycles. The van der Waals surface area contributed by atoms with Crippen LogP contribution in [0.5, 0.6) is 0 Å². The highest BCUT2D eigenvalue weighted by Gasteiger charge is 2.38. The van der Waals surface area contributed by atoms with Crippen molar-refractivity contribution in [3.8, 4) is 11.1 Å². The standard InChI is InChI=1S/C22H26F3NO2Si/c1-4-28-17(27)10-22(26,29)19-20(24)14(13-6-7-13)9-15(21(19)25)18-11(2)5-8-16(23)12(18)3/h5,8-9,13H,4,6-7,10,26H2,1-3,29H3. The molecule has 156 valence electrons. The van der Waals surface area contributed by atoms with E-state index < -0.39 is 28.6 Å². The molecule has 0 radical (unpaired) electrons. The summed E-state index contributed by atoms with van der Waals surface area (Å²) >= 11 is 0. The highest BCUT2D eigenvalue weighted by atomic mass is 28.1. The normalized spacial score (nSPS) is 16.0. The number of carbonyl (C=O) groups excluding carboxylic acids is 1.